The molecule has 0 bridgehead atoms. The predicted octanol–water partition coefficient (Wildman–Crippen LogP) is 8.42. The summed E-state index contributed by atoms with van der Waals surface area (Å²) in [5.74, 6) is 0. The number of hydrogen-bond acceptors (Lipinski definition) is 0. The van der Waals surface area contributed by atoms with E-state index in [1.54, 1.807) is 0 Å². The Kier molecular flexibility index (Phi) is 20.5. The Morgan fingerprint density at radius 1 is 0.500 bits per heavy atom. The smallest absolute Gasteiger partial charge is 0.0351 e. The average Bonchev–Trinajstić information content (AvgIpc) is 2.54. The molecule has 0 N–H and O–H groups in total. The van der Waals surface area contributed by atoms with Gasteiger partial charge in [-0.2, -0.15) is 0 Å². The maximum Gasteiger partial charge on any atom is -0.0351 e. The maximum atomic E-state index is 3.81. The summed E-state index contributed by atoms with van der Waals surface area (Å²) in [5.41, 5.74) is 0. The monoisotopic (exact) mass is 307 g/mol. The lowest BCUT2D eigenvalue weighted by Crippen LogP contribution is -1.83. The summed E-state index contributed by atoms with van der Waals surface area (Å²) in [6, 6.07) is 0. The third-order valence-electron chi connectivity index (χ3n) is 4.56. The lowest BCUT2D eigenvalue weighted by molar-refractivity contribution is 0.530. The van der Waals surface area contributed by atoms with Gasteiger partial charge in [-0.05, 0) is 26.2 Å². The molecule has 0 saturated carbocycles. The summed E-state index contributed by atoms with van der Waals surface area (Å²) in [6.07, 6.45) is 29.9. The Morgan fingerprint density at radius 3 is 1.23 bits per heavy atom. The molecule has 22 heavy (non-hydrogen) atoms. The molecule has 0 aliphatic heterocycles. The van der Waals surface area contributed by atoms with Gasteiger partial charge < -0.3 is 0 Å². The molecule has 0 amide bonds. The topological polar surface area (TPSA) is 0 Å². The van der Waals surface area contributed by atoms with Crippen LogP contribution in [0.25, 0.3) is 0 Å². The predicted molar refractivity (Wildman–Crippen MR) is 103 cm³/mol. The second-order valence-electron chi connectivity index (χ2n) is 6.85. The van der Waals surface area contributed by atoms with Crippen LogP contribution >= 0.6 is 0 Å². The van der Waals surface area contributed by atoms with E-state index >= 15 is 0 Å². The zero-order chi connectivity index (χ0) is 16.1. The first-order valence-corrected chi connectivity index (χ1v) is 10.4. The van der Waals surface area contributed by atoms with Crippen molar-refractivity contribution in [2.24, 2.45) is 0 Å². The molecular formula is C22H43. The van der Waals surface area contributed by atoms with Crippen molar-refractivity contribution in [1.82, 2.24) is 0 Å². The van der Waals surface area contributed by atoms with Crippen LogP contribution in [0, 0.1) is 6.92 Å². The maximum absolute atomic E-state index is 3.81. The molecule has 0 aromatic carbocycles. The highest BCUT2D eigenvalue weighted by molar-refractivity contribution is 4.81. The molecule has 0 aromatic heterocycles. The molecular weight excluding hydrogens is 264 g/mol. The molecule has 0 nitrogen and oxygen atoms in total. The first kappa shape index (κ1) is 21.7. The molecule has 0 fully saturated rings. The lowest BCUT2D eigenvalue weighted by atomic mass is 10.0. The number of rotatable bonds is 18. The highest BCUT2D eigenvalue weighted by Crippen LogP contribution is 2.14. The van der Waals surface area contributed by atoms with E-state index in [4.69, 9.17) is 0 Å². The molecule has 131 valence electrons. The molecule has 0 rings (SSSR count). The lowest BCUT2D eigenvalue weighted by Gasteiger charge is -2.03. The molecule has 0 unspecified atom stereocenters. The molecule has 0 aromatic rings. The van der Waals surface area contributed by atoms with Gasteiger partial charge in [-0.3, -0.25) is 0 Å². The largest absolute Gasteiger partial charge is 0.0885 e. The van der Waals surface area contributed by atoms with Crippen LogP contribution in [-0.4, -0.2) is 0 Å². The molecule has 0 aliphatic carbocycles. The van der Waals surface area contributed by atoms with E-state index in [0.717, 1.165) is 6.42 Å². The zero-order valence-electron chi connectivity index (χ0n) is 15.6. The third kappa shape index (κ3) is 19.7. The molecule has 0 heterocycles. The minimum absolute atomic E-state index is 0.943. The van der Waals surface area contributed by atoms with Gasteiger partial charge in [-0.25, -0.2) is 0 Å². The van der Waals surface area contributed by atoms with E-state index in [1.165, 1.54) is 109 Å². The van der Waals surface area contributed by atoms with Crippen LogP contribution < -0.4 is 0 Å². The van der Waals surface area contributed by atoms with Crippen LogP contribution in [0.2, 0.25) is 0 Å². The summed E-state index contributed by atoms with van der Waals surface area (Å²) < 4.78 is 0. The van der Waals surface area contributed by atoms with Gasteiger partial charge in [-0.15, -0.1) is 0 Å². The number of allylic oxidation sites excluding steroid dienone is 2. The highest BCUT2D eigenvalue weighted by Gasteiger charge is 1.94. The summed E-state index contributed by atoms with van der Waals surface area (Å²) in [5, 5.41) is 0. The minimum Gasteiger partial charge on any atom is -0.0885 e. The zero-order valence-corrected chi connectivity index (χ0v) is 15.6. The van der Waals surface area contributed by atoms with Crippen molar-refractivity contribution < 1.29 is 0 Å². The van der Waals surface area contributed by atoms with E-state index in [1.807, 2.05) is 0 Å². The van der Waals surface area contributed by atoms with Gasteiger partial charge in [-0.1, -0.05) is 115 Å². The van der Waals surface area contributed by atoms with Crippen molar-refractivity contribution in [3.8, 4) is 0 Å². The Bertz CT molecular complexity index is 204. The number of unbranched alkanes of at least 4 members (excludes halogenated alkanes) is 16. The molecule has 0 saturated heterocycles. The molecule has 1 radical (unpaired) electrons. The normalized spacial score (nSPS) is 11.5. The van der Waals surface area contributed by atoms with Crippen LogP contribution in [0.3, 0.4) is 0 Å². The van der Waals surface area contributed by atoms with Gasteiger partial charge in [0.15, 0.2) is 0 Å². The highest BCUT2D eigenvalue weighted by atomic mass is 14.0. The van der Waals surface area contributed by atoms with Gasteiger partial charge in [0.1, 0.15) is 0 Å². The van der Waals surface area contributed by atoms with E-state index < -0.39 is 0 Å². The van der Waals surface area contributed by atoms with Gasteiger partial charge >= 0.3 is 0 Å². The van der Waals surface area contributed by atoms with Crippen LogP contribution in [0.5, 0.6) is 0 Å². The van der Waals surface area contributed by atoms with Crippen LogP contribution in [0.15, 0.2) is 12.2 Å². The minimum atomic E-state index is 0.943. The van der Waals surface area contributed by atoms with E-state index in [2.05, 4.69) is 26.0 Å². The van der Waals surface area contributed by atoms with Gasteiger partial charge in [0, 0.05) is 0 Å². The van der Waals surface area contributed by atoms with Gasteiger partial charge in [0.05, 0.1) is 0 Å². The van der Waals surface area contributed by atoms with E-state index in [9.17, 15) is 0 Å². The standard InChI is InChI=1S/C22H43/c1-3-5-7-9-11-13-15-17-19-21-22-20-18-16-14-12-10-8-6-4-2/h5,7H,1,3-4,6,8-22H2,2H3/b7-5-. The van der Waals surface area contributed by atoms with Crippen molar-refractivity contribution in [2.45, 2.75) is 122 Å². The van der Waals surface area contributed by atoms with Crippen molar-refractivity contribution >= 4 is 0 Å². The molecule has 0 spiro atoms. The Balaban J connectivity index is 2.95. The van der Waals surface area contributed by atoms with Gasteiger partial charge in [0.2, 0.25) is 0 Å². The fourth-order valence-electron chi connectivity index (χ4n) is 3.05. The Morgan fingerprint density at radius 2 is 0.864 bits per heavy atom. The average molecular weight is 308 g/mol. The van der Waals surface area contributed by atoms with Crippen LogP contribution in [-0.2, 0) is 0 Å². The fourth-order valence-corrected chi connectivity index (χ4v) is 3.05. The fraction of sp³-hybridized carbons (Fsp3) is 0.864. The summed E-state index contributed by atoms with van der Waals surface area (Å²) in [7, 11) is 0. The Labute approximate surface area is 142 Å². The second kappa shape index (κ2) is 20.7. The van der Waals surface area contributed by atoms with Crippen molar-refractivity contribution in [3.63, 3.8) is 0 Å². The first-order chi connectivity index (χ1) is 10.9. The molecule has 0 aliphatic rings. The van der Waals surface area contributed by atoms with Gasteiger partial charge in [0.25, 0.3) is 0 Å². The summed E-state index contributed by atoms with van der Waals surface area (Å²) in [6.45, 7) is 6.11. The summed E-state index contributed by atoms with van der Waals surface area (Å²) >= 11 is 0. The first-order valence-electron chi connectivity index (χ1n) is 10.4. The van der Waals surface area contributed by atoms with E-state index in [-0.39, 0.29) is 0 Å². The second-order valence-corrected chi connectivity index (χ2v) is 6.85. The SMILES string of the molecule is [CH2]C/C=C\CCCCCCCCCCCCCCCCCC. The molecule has 0 atom stereocenters. The van der Waals surface area contributed by atoms with Crippen LogP contribution in [0.4, 0.5) is 0 Å². The quantitative estimate of drug-likeness (QED) is 0.176. The van der Waals surface area contributed by atoms with Crippen molar-refractivity contribution in [2.75, 3.05) is 0 Å². The number of hydrogen-bond donors (Lipinski definition) is 0. The molecule has 0 heteroatoms. The van der Waals surface area contributed by atoms with E-state index in [0.29, 0.717) is 0 Å². The van der Waals surface area contributed by atoms with Crippen molar-refractivity contribution in [1.29, 1.82) is 0 Å². The van der Waals surface area contributed by atoms with Crippen LogP contribution in [0.1, 0.15) is 122 Å². The Hall–Kier alpha value is -0.260. The summed E-state index contributed by atoms with van der Waals surface area (Å²) in [4.78, 5) is 0. The third-order valence-corrected chi connectivity index (χ3v) is 4.56. The van der Waals surface area contributed by atoms with Crippen molar-refractivity contribution in [3.05, 3.63) is 19.1 Å².